The van der Waals surface area contributed by atoms with Gasteiger partial charge in [-0.2, -0.15) is 0 Å². The van der Waals surface area contributed by atoms with E-state index in [0.29, 0.717) is 6.04 Å². The number of nitrogens with zero attached hydrogens (tertiary/aromatic N) is 1. The molecule has 6 heteroatoms. The summed E-state index contributed by atoms with van der Waals surface area (Å²) in [5.41, 5.74) is 6.87. The van der Waals surface area contributed by atoms with Crippen molar-refractivity contribution in [3.05, 3.63) is 29.1 Å². The molecule has 1 heterocycles. The smallest absolute Gasteiger partial charge is 0.252 e. The third-order valence-corrected chi connectivity index (χ3v) is 3.74. The summed E-state index contributed by atoms with van der Waals surface area (Å²) in [5, 5.41) is 15.7. The topological polar surface area (TPSA) is 88.2 Å². The van der Waals surface area contributed by atoms with Gasteiger partial charge in [-0.15, -0.1) is 11.3 Å². The molecule has 98 valence electrons. The maximum absolute atomic E-state index is 11.2. The number of aromatic hydroxyl groups is 1. The van der Waals surface area contributed by atoms with Gasteiger partial charge in [-0.05, 0) is 31.0 Å². The molecule has 1 aromatic carbocycles. The van der Waals surface area contributed by atoms with E-state index in [1.54, 1.807) is 12.1 Å². The standard InChI is InChI=1S/C13H13N3O2S/c14-12(18)9-5-7(1-4-11(9)17)10-6-19-13(16-10)15-8-2-3-8/h1,4-6,8,17H,2-3H2,(H2,14,18)(H,15,16). The number of thiazole rings is 1. The van der Waals surface area contributed by atoms with Gasteiger partial charge in [0.2, 0.25) is 0 Å². The first kappa shape index (κ1) is 12.0. The van der Waals surface area contributed by atoms with Crippen LogP contribution in [0.15, 0.2) is 23.6 Å². The summed E-state index contributed by atoms with van der Waals surface area (Å²) in [6.45, 7) is 0. The Morgan fingerprint density at radius 1 is 1.47 bits per heavy atom. The van der Waals surface area contributed by atoms with Crippen LogP contribution in [0, 0.1) is 0 Å². The number of hydrogen-bond acceptors (Lipinski definition) is 5. The lowest BCUT2D eigenvalue weighted by Crippen LogP contribution is -2.11. The summed E-state index contributed by atoms with van der Waals surface area (Å²) >= 11 is 1.53. The number of amides is 1. The van der Waals surface area contributed by atoms with Crippen molar-refractivity contribution in [1.82, 2.24) is 4.98 Å². The monoisotopic (exact) mass is 275 g/mol. The van der Waals surface area contributed by atoms with Gasteiger partial charge in [0.1, 0.15) is 5.75 Å². The molecule has 0 unspecified atom stereocenters. The molecule has 0 saturated heterocycles. The quantitative estimate of drug-likeness (QED) is 0.798. The lowest BCUT2D eigenvalue weighted by atomic mass is 10.1. The Hall–Kier alpha value is -2.08. The first-order chi connectivity index (χ1) is 9.13. The third kappa shape index (κ3) is 2.53. The number of aromatic nitrogens is 1. The summed E-state index contributed by atoms with van der Waals surface area (Å²) < 4.78 is 0. The van der Waals surface area contributed by atoms with Crippen LogP contribution in [-0.4, -0.2) is 22.0 Å². The van der Waals surface area contributed by atoms with Crippen molar-refractivity contribution in [3.8, 4) is 17.0 Å². The van der Waals surface area contributed by atoms with E-state index in [9.17, 15) is 9.90 Å². The zero-order valence-corrected chi connectivity index (χ0v) is 10.9. The number of carbonyl (C=O) groups is 1. The fourth-order valence-corrected chi connectivity index (χ4v) is 2.57. The normalized spacial score (nSPS) is 14.3. The molecule has 1 aromatic heterocycles. The lowest BCUT2D eigenvalue weighted by Gasteiger charge is -2.03. The molecule has 1 aliphatic rings. The van der Waals surface area contributed by atoms with E-state index in [1.165, 1.54) is 30.2 Å². The molecule has 5 nitrogen and oxygen atoms in total. The number of primary amides is 1. The minimum Gasteiger partial charge on any atom is -0.507 e. The number of nitrogens with one attached hydrogen (secondary N) is 1. The second-order valence-corrected chi connectivity index (χ2v) is 5.41. The Labute approximate surface area is 114 Å². The molecular formula is C13H13N3O2S. The number of anilines is 1. The largest absolute Gasteiger partial charge is 0.507 e. The summed E-state index contributed by atoms with van der Waals surface area (Å²) in [5.74, 6) is -0.756. The van der Waals surface area contributed by atoms with Crippen LogP contribution < -0.4 is 11.1 Å². The highest BCUT2D eigenvalue weighted by Crippen LogP contribution is 2.31. The van der Waals surface area contributed by atoms with Gasteiger partial charge in [0.15, 0.2) is 5.13 Å². The van der Waals surface area contributed by atoms with Crippen molar-refractivity contribution < 1.29 is 9.90 Å². The van der Waals surface area contributed by atoms with Gasteiger partial charge < -0.3 is 16.2 Å². The fourth-order valence-electron chi connectivity index (χ4n) is 1.77. The number of phenols is 1. The summed E-state index contributed by atoms with van der Waals surface area (Å²) in [7, 11) is 0. The number of rotatable bonds is 4. The van der Waals surface area contributed by atoms with Crippen LogP contribution in [0.3, 0.4) is 0 Å². The summed E-state index contributed by atoms with van der Waals surface area (Å²) in [4.78, 5) is 15.7. The molecule has 2 aromatic rings. The van der Waals surface area contributed by atoms with Gasteiger partial charge >= 0.3 is 0 Å². The number of hydrogen-bond donors (Lipinski definition) is 3. The van der Waals surface area contributed by atoms with E-state index in [4.69, 9.17) is 5.73 Å². The van der Waals surface area contributed by atoms with Gasteiger partial charge in [0, 0.05) is 17.0 Å². The van der Waals surface area contributed by atoms with Gasteiger partial charge in [-0.1, -0.05) is 0 Å². The molecule has 0 radical (unpaired) electrons. The Balaban J connectivity index is 1.90. The van der Waals surface area contributed by atoms with Gasteiger partial charge in [0.05, 0.1) is 11.3 Å². The number of nitrogens with two attached hydrogens (primary N) is 1. The highest BCUT2D eigenvalue weighted by atomic mass is 32.1. The molecular weight excluding hydrogens is 262 g/mol. The van der Waals surface area contributed by atoms with Crippen LogP contribution in [0.25, 0.3) is 11.3 Å². The predicted molar refractivity (Wildman–Crippen MR) is 74.4 cm³/mol. The molecule has 0 bridgehead atoms. The van der Waals surface area contributed by atoms with Crippen LogP contribution in [0.1, 0.15) is 23.2 Å². The second-order valence-electron chi connectivity index (χ2n) is 4.55. The average Bonchev–Trinajstić information content (AvgIpc) is 3.06. The summed E-state index contributed by atoms with van der Waals surface area (Å²) in [6.07, 6.45) is 2.39. The molecule has 4 N–H and O–H groups in total. The number of benzene rings is 1. The molecule has 19 heavy (non-hydrogen) atoms. The fraction of sp³-hybridized carbons (Fsp3) is 0.231. The minimum atomic E-state index is -0.647. The Bertz CT molecular complexity index is 635. The lowest BCUT2D eigenvalue weighted by molar-refractivity contribution is 0.0998. The van der Waals surface area contributed by atoms with Crippen molar-refractivity contribution >= 4 is 22.4 Å². The molecule has 0 spiro atoms. The van der Waals surface area contributed by atoms with Crippen LogP contribution in [0.5, 0.6) is 5.75 Å². The van der Waals surface area contributed by atoms with Crippen LogP contribution in [0.4, 0.5) is 5.13 Å². The highest BCUT2D eigenvalue weighted by molar-refractivity contribution is 7.14. The predicted octanol–water partition coefficient (Wildman–Crippen LogP) is 2.19. The molecule has 1 fully saturated rings. The van der Waals surface area contributed by atoms with E-state index in [0.717, 1.165) is 16.4 Å². The minimum absolute atomic E-state index is 0.109. The van der Waals surface area contributed by atoms with E-state index in [2.05, 4.69) is 10.3 Å². The first-order valence-electron chi connectivity index (χ1n) is 5.99. The SMILES string of the molecule is NC(=O)c1cc(-c2csc(NC3CC3)n2)ccc1O. The van der Waals surface area contributed by atoms with Crippen molar-refractivity contribution in [2.45, 2.75) is 18.9 Å². The molecule has 0 atom stereocenters. The van der Waals surface area contributed by atoms with Crippen molar-refractivity contribution in [2.24, 2.45) is 5.73 Å². The molecule has 3 rings (SSSR count). The van der Waals surface area contributed by atoms with Gasteiger partial charge in [-0.25, -0.2) is 4.98 Å². The van der Waals surface area contributed by atoms with E-state index < -0.39 is 5.91 Å². The second kappa shape index (κ2) is 4.55. The first-order valence-corrected chi connectivity index (χ1v) is 6.86. The van der Waals surface area contributed by atoms with Crippen LogP contribution in [0.2, 0.25) is 0 Å². The Kier molecular flexibility index (Phi) is 2.87. The van der Waals surface area contributed by atoms with Crippen molar-refractivity contribution in [2.75, 3.05) is 5.32 Å². The van der Waals surface area contributed by atoms with E-state index in [-0.39, 0.29) is 11.3 Å². The van der Waals surface area contributed by atoms with Gasteiger partial charge in [-0.3, -0.25) is 4.79 Å². The van der Waals surface area contributed by atoms with E-state index in [1.807, 2.05) is 5.38 Å². The van der Waals surface area contributed by atoms with Crippen LogP contribution in [-0.2, 0) is 0 Å². The number of carbonyl (C=O) groups excluding carboxylic acids is 1. The average molecular weight is 275 g/mol. The Morgan fingerprint density at radius 2 is 2.26 bits per heavy atom. The maximum atomic E-state index is 11.2. The highest BCUT2D eigenvalue weighted by Gasteiger charge is 2.22. The van der Waals surface area contributed by atoms with Crippen molar-refractivity contribution in [1.29, 1.82) is 0 Å². The Morgan fingerprint density at radius 3 is 2.95 bits per heavy atom. The zero-order chi connectivity index (χ0) is 13.4. The van der Waals surface area contributed by atoms with Crippen molar-refractivity contribution in [3.63, 3.8) is 0 Å². The summed E-state index contributed by atoms with van der Waals surface area (Å²) in [6, 6.07) is 5.30. The molecule has 1 amide bonds. The zero-order valence-electron chi connectivity index (χ0n) is 10.1. The molecule has 1 saturated carbocycles. The molecule has 1 aliphatic carbocycles. The van der Waals surface area contributed by atoms with Gasteiger partial charge in [0.25, 0.3) is 5.91 Å². The third-order valence-electron chi connectivity index (χ3n) is 2.97. The van der Waals surface area contributed by atoms with E-state index >= 15 is 0 Å². The maximum Gasteiger partial charge on any atom is 0.252 e. The molecule has 0 aliphatic heterocycles. The van der Waals surface area contributed by atoms with Crippen LogP contribution >= 0.6 is 11.3 Å².